The Bertz CT molecular complexity index is 1720. The van der Waals surface area contributed by atoms with Crippen molar-refractivity contribution in [3.05, 3.63) is 88.2 Å². The van der Waals surface area contributed by atoms with Crippen LogP contribution in [0.1, 0.15) is 57.3 Å². The first-order chi connectivity index (χ1) is 21.3. The molecule has 3 aromatic carbocycles. The molecule has 228 valence electrons. The van der Waals surface area contributed by atoms with Gasteiger partial charge in [-0.3, -0.25) is 9.69 Å². The number of hydrogen-bond donors (Lipinski definition) is 1. The Morgan fingerprint density at radius 2 is 1.80 bits per heavy atom. The van der Waals surface area contributed by atoms with Gasteiger partial charge in [0.15, 0.2) is 0 Å². The van der Waals surface area contributed by atoms with Crippen molar-refractivity contribution in [1.29, 1.82) is 0 Å². The van der Waals surface area contributed by atoms with Crippen LogP contribution in [0.3, 0.4) is 0 Å². The smallest absolute Gasteiger partial charge is 0.335 e. The van der Waals surface area contributed by atoms with Gasteiger partial charge in [-0.15, -0.1) is 0 Å². The van der Waals surface area contributed by atoms with E-state index < -0.39 is 5.97 Å². The summed E-state index contributed by atoms with van der Waals surface area (Å²) in [6, 6.07) is 19.1. The lowest BCUT2D eigenvalue weighted by Gasteiger charge is -2.35. The van der Waals surface area contributed by atoms with Gasteiger partial charge in [-0.05, 0) is 79.3 Å². The second-order valence-electron chi connectivity index (χ2n) is 12.1. The second kappa shape index (κ2) is 11.9. The average Bonchev–Trinajstić information content (AvgIpc) is 3.81. The van der Waals surface area contributed by atoms with Gasteiger partial charge in [0, 0.05) is 51.1 Å². The molecule has 0 radical (unpaired) electrons. The lowest BCUT2D eigenvalue weighted by Crippen LogP contribution is -2.48. The number of piperazine rings is 1. The number of carbonyl (C=O) groups excluding carboxylic acids is 1. The molecule has 1 aliphatic carbocycles. The normalized spacial score (nSPS) is 18.8. The maximum Gasteiger partial charge on any atom is 0.335 e. The van der Waals surface area contributed by atoms with Gasteiger partial charge in [0.25, 0.3) is 5.91 Å². The highest BCUT2D eigenvalue weighted by Gasteiger charge is 2.27. The summed E-state index contributed by atoms with van der Waals surface area (Å²) in [4.78, 5) is 36.3. The van der Waals surface area contributed by atoms with E-state index in [0.29, 0.717) is 37.7 Å². The Morgan fingerprint density at radius 1 is 1.00 bits per heavy atom. The van der Waals surface area contributed by atoms with Crippen LogP contribution in [0.15, 0.2) is 60.7 Å². The molecule has 1 amide bonds. The van der Waals surface area contributed by atoms with E-state index >= 15 is 0 Å². The number of nitrogens with zero attached hydrogens (tertiary/aromatic N) is 5. The first-order valence-corrected chi connectivity index (χ1v) is 15.7. The molecule has 7 rings (SSSR count). The number of carbonyl (C=O) groups is 2. The Labute approximate surface area is 261 Å². The van der Waals surface area contributed by atoms with Crippen LogP contribution in [-0.4, -0.2) is 82.3 Å². The summed E-state index contributed by atoms with van der Waals surface area (Å²) in [7, 11) is 1.98. The number of fused-ring (bicyclic) bond motifs is 1. The van der Waals surface area contributed by atoms with Crippen molar-refractivity contribution in [2.24, 2.45) is 0 Å². The first kappa shape index (κ1) is 28.8. The highest BCUT2D eigenvalue weighted by molar-refractivity contribution is 6.33. The molecule has 0 bridgehead atoms. The number of amides is 1. The van der Waals surface area contributed by atoms with Crippen LogP contribution >= 0.6 is 11.6 Å². The van der Waals surface area contributed by atoms with Gasteiger partial charge in [0.1, 0.15) is 5.82 Å². The number of anilines is 2. The number of hydrogen-bond acceptors (Lipinski definition) is 6. The first-order valence-electron chi connectivity index (χ1n) is 15.3. The van der Waals surface area contributed by atoms with Crippen LogP contribution in [0.25, 0.3) is 11.0 Å². The molecular weight excluding hydrogens is 578 g/mol. The molecule has 0 spiro atoms. The molecule has 10 heteroatoms. The summed E-state index contributed by atoms with van der Waals surface area (Å²) in [5, 5.41) is 10.2. The molecule has 1 N–H and O–H groups in total. The molecule has 3 aliphatic rings. The van der Waals surface area contributed by atoms with Crippen molar-refractivity contribution < 1.29 is 19.4 Å². The van der Waals surface area contributed by atoms with Crippen LogP contribution < -0.4 is 4.90 Å². The number of halogens is 1. The summed E-state index contributed by atoms with van der Waals surface area (Å²) < 4.78 is 7.80. The fraction of sp³-hybridized carbons (Fsp3) is 0.382. The van der Waals surface area contributed by atoms with Crippen LogP contribution in [0.5, 0.6) is 0 Å². The molecule has 44 heavy (non-hydrogen) atoms. The number of imidazole rings is 1. The molecule has 2 saturated heterocycles. The van der Waals surface area contributed by atoms with E-state index in [1.807, 2.05) is 41.1 Å². The SMILES string of the molecule is CN(c1cccc(C(=O)N2CCN(Cc3nc4ccc(C(=O)O)cc4n3C[C@@H]3CCO3)CC2)c1)c1ccc(C2CC2)cc1Cl. The molecule has 1 aromatic heterocycles. The number of aromatic nitrogens is 2. The Kier molecular flexibility index (Phi) is 7.78. The fourth-order valence-corrected chi connectivity index (χ4v) is 6.52. The molecule has 4 aromatic rings. The predicted molar refractivity (Wildman–Crippen MR) is 170 cm³/mol. The maximum absolute atomic E-state index is 13.6. The Morgan fingerprint density at radius 3 is 2.48 bits per heavy atom. The van der Waals surface area contributed by atoms with E-state index in [-0.39, 0.29) is 17.6 Å². The number of rotatable bonds is 9. The number of carboxylic acid groups (broad SMARTS) is 1. The molecule has 2 aliphatic heterocycles. The monoisotopic (exact) mass is 613 g/mol. The van der Waals surface area contributed by atoms with Crippen molar-refractivity contribution >= 4 is 45.9 Å². The zero-order valence-electron chi connectivity index (χ0n) is 24.8. The third kappa shape index (κ3) is 5.79. The van der Waals surface area contributed by atoms with E-state index in [0.717, 1.165) is 59.4 Å². The molecule has 3 heterocycles. The van der Waals surface area contributed by atoms with Crippen LogP contribution in [-0.2, 0) is 17.8 Å². The molecule has 1 atom stereocenters. The van der Waals surface area contributed by atoms with Crippen molar-refractivity contribution in [1.82, 2.24) is 19.4 Å². The van der Waals surface area contributed by atoms with Crippen molar-refractivity contribution in [2.45, 2.75) is 44.4 Å². The van der Waals surface area contributed by atoms with Crippen LogP contribution in [0, 0.1) is 0 Å². The van der Waals surface area contributed by atoms with Gasteiger partial charge in [-0.1, -0.05) is 23.7 Å². The van der Waals surface area contributed by atoms with Gasteiger partial charge in [-0.25, -0.2) is 9.78 Å². The van der Waals surface area contributed by atoms with E-state index in [1.165, 1.54) is 18.4 Å². The topological polar surface area (TPSA) is 91.1 Å². The molecule has 0 unspecified atom stereocenters. The summed E-state index contributed by atoms with van der Waals surface area (Å²) in [6.45, 7) is 4.68. The number of carboxylic acids is 1. The summed E-state index contributed by atoms with van der Waals surface area (Å²) in [5.74, 6) is 0.594. The Hall–Kier alpha value is -3.92. The van der Waals surface area contributed by atoms with E-state index in [2.05, 4.69) is 27.7 Å². The highest BCUT2D eigenvalue weighted by atomic mass is 35.5. The summed E-state index contributed by atoms with van der Waals surface area (Å²) >= 11 is 6.67. The van der Waals surface area contributed by atoms with E-state index in [9.17, 15) is 14.7 Å². The van der Waals surface area contributed by atoms with Gasteiger partial charge in [-0.2, -0.15) is 0 Å². The van der Waals surface area contributed by atoms with Gasteiger partial charge < -0.3 is 24.2 Å². The molecule has 1 saturated carbocycles. The number of benzene rings is 3. The minimum absolute atomic E-state index is 0.0191. The second-order valence-corrected chi connectivity index (χ2v) is 12.5. The van der Waals surface area contributed by atoms with Crippen molar-refractivity contribution in [3.8, 4) is 0 Å². The number of aromatic carboxylic acids is 1. The minimum atomic E-state index is -0.953. The van der Waals surface area contributed by atoms with E-state index in [1.54, 1.807) is 18.2 Å². The summed E-state index contributed by atoms with van der Waals surface area (Å²) in [5.41, 5.74) is 5.63. The quantitative estimate of drug-likeness (QED) is 0.256. The third-order valence-corrected chi connectivity index (χ3v) is 9.44. The maximum atomic E-state index is 13.6. The zero-order valence-corrected chi connectivity index (χ0v) is 25.5. The lowest BCUT2D eigenvalue weighted by atomic mass is 10.1. The fourth-order valence-electron chi connectivity index (χ4n) is 6.21. The van der Waals surface area contributed by atoms with E-state index in [4.69, 9.17) is 21.3 Å². The largest absolute Gasteiger partial charge is 0.478 e. The van der Waals surface area contributed by atoms with Crippen molar-refractivity contribution in [2.75, 3.05) is 44.7 Å². The van der Waals surface area contributed by atoms with Crippen LogP contribution in [0.2, 0.25) is 5.02 Å². The van der Waals surface area contributed by atoms with Gasteiger partial charge >= 0.3 is 5.97 Å². The predicted octanol–water partition coefficient (Wildman–Crippen LogP) is 5.78. The zero-order chi connectivity index (χ0) is 30.4. The Balaban J connectivity index is 1.02. The van der Waals surface area contributed by atoms with Crippen LogP contribution in [0.4, 0.5) is 11.4 Å². The number of ether oxygens (including phenoxy) is 1. The van der Waals surface area contributed by atoms with Gasteiger partial charge in [0.2, 0.25) is 0 Å². The molecule has 3 fully saturated rings. The highest BCUT2D eigenvalue weighted by Crippen LogP contribution is 2.43. The third-order valence-electron chi connectivity index (χ3n) is 9.14. The molecule has 9 nitrogen and oxygen atoms in total. The standard InChI is InChI=1S/C34H36ClN5O4/c1-37(30-10-8-23(18-28(30)35)22-5-6-22)26-4-2-3-24(17-26)33(41)39-14-12-38(13-15-39)21-32-36-29-9-7-25(34(42)43)19-31(29)40(32)20-27-11-16-44-27/h2-4,7-10,17-19,22,27H,5-6,11-16,20-21H2,1H3,(H,42,43)/t27-/m0/s1. The summed E-state index contributed by atoms with van der Waals surface area (Å²) in [6.07, 6.45) is 3.56. The molecular formula is C34H36ClN5O4. The van der Waals surface area contributed by atoms with Crippen molar-refractivity contribution in [3.63, 3.8) is 0 Å². The minimum Gasteiger partial charge on any atom is -0.478 e. The average molecular weight is 614 g/mol. The lowest BCUT2D eigenvalue weighted by molar-refractivity contribution is -0.0592. The van der Waals surface area contributed by atoms with Gasteiger partial charge in [0.05, 0.1) is 46.5 Å².